The van der Waals surface area contributed by atoms with Crippen molar-refractivity contribution in [2.45, 2.75) is 24.3 Å². The smallest absolute Gasteiger partial charge is 0.175 e. The number of sulfone groups is 1. The van der Waals surface area contributed by atoms with E-state index in [0.717, 1.165) is 24.0 Å². The van der Waals surface area contributed by atoms with Crippen LogP contribution in [0.1, 0.15) is 24.9 Å². The fourth-order valence-corrected chi connectivity index (χ4v) is 3.16. The van der Waals surface area contributed by atoms with Crippen molar-refractivity contribution >= 4 is 32.9 Å². The van der Waals surface area contributed by atoms with Gasteiger partial charge in [-0.3, -0.25) is 0 Å². The van der Waals surface area contributed by atoms with Gasteiger partial charge in [-0.05, 0) is 48.5 Å². The minimum Gasteiger partial charge on any atom is -0.356 e. The molecule has 0 saturated carbocycles. The summed E-state index contributed by atoms with van der Waals surface area (Å²) < 4.78 is 49.6. The Kier molecular flexibility index (Phi) is 6.07. The lowest BCUT2D eigenvalue weighted by Gasteiger charge is -2.20. The zero-order valence-corrected chi connectivity index (χ0v) is 15.3. The third kappa shape index (κ3) is 5.20. The molecule has 2 rings (SSSR count). The van der Waals surface area contributed by atoms with Gasteiger partial charge in [0.1, 0.15) is 11.6 Å². The number of anilines is 1. The van der Waals surface area contributed by atoms with Crippen LogP contribution in [-0.4, -0.2) is 19.8 Å². The Hall–Kier alpha value is -2.06. The first-order valence-corrected chi connectivity index (χ1v) is 9.83. The molecule has 2 aromatic rings. The molecule has 0 unspecified atom stereocenters. The van der Waals surface area contributed by atoms with Gasteiger partial charge in [-0.15, -0.1) is 0 Å². The van der Waals surface area contributed by atoms with E-state index < -0.39 is 21.5 Å². The van der Waals surface area contributed by atoms with Crippen molar-refractivity contribution in [1.82, 2.24) is 5.32 Å². The van der Waals surface area contributed by atoms with Crippen LogP contribution in [0, 0.1) is 11.6 Å². The summed E-state index contributed by atoms with van der Waals surface area (Å²) in [6.07, 6.45) is 1.82. The summed E-state index contributed by atoms with van der Waals surface area (Å²) in [6, 6.07) is 9.47. The van der Waals surface area contributed by atoms with Crippen LogP contribution in [0.15, 0.2) is 47.4 Å². The molecule has 2 N–H and O–H groups in total. The molecule has 8 heteroatoms. The second-order valence-corrected chi connectivity index (χ2v) is 7.95. The van der Waals surface area contributed by atoms with Gasteiger partial charge >= 0.3 is 0 Å². The lowest BCUT2D eigenvalue weighted by atomic mass is 10.1. The number of nitrogens with one attached hydrogen (secondary N) is 2. The summed E-state index contributed by atoms with van der Waals surface area (Å²) in [4.78, 5) is 0.236. The van der Waals surface area contributed by atoms with E-state index in [0.29, 0.717) is 6.42 Å². The average Bonchev–Trinajstić information content (AvgIpc) is 2.54. The molecule has 0 aromatic heterocycles. The minimum atomic E-state index is -3.25. The molecular weight excluding hydrogens is 366 g/mol. The fraction of sp³-hybridized carbons (Fsp3) is 0.235. The van der Waals surface area contributed by atoms with E-state index in [1.54, 1.807) is 12.1 Å². The van der Waals surface area contributed by atoms with Gasteiger partial charge in [0.05, 0.1) is 16.6 Å². The van der Waals surface area contributed by atoms with Gasteiger partial charge in [0.2, 0.25) is 0 Å². The summed E-state index contributed by atoms with van der Waals surface area (Å²) in [6.45, 7) is 1.93. The van der Waals surface area contributed by atoms with Gasteiger partial charge in [-0.1, -0.05) is 19.1 Å². The molecule has 134 valence electrons. The molecule has 4 nitrogen and oxygen atoms in total. The van der Waals surface area contributed by atoms with E-state index in [1.807, 2.05) is 6.92 Å². The van der Waals surface area contributed by atoms with Crippen LogP contribution in [-0.2, 0) is 9.84 Å². The fourth-order valence-electron chi connectivity index (χ4n) is 2.28. The van der Waals surface area contributed by atoms with Crippen LogP contribution < -0.4 is 10.6 Å². The Bertz CT molecular complexity index is 869. The van der Waals surface area contributed by atoms with Crippen molar-refractivity contribution in [2.24, 2.45) is 0 Å². The van der Waals surface area contributed by atoms with Gasteiger partial charge in [-0.25, -0.2) is 17.2 Å². The third-order valence-electron chi connectivity index (χ3n) is 3.60. The van der Waals surface area contributed by atoms with E-state index in [4.69, 9.17) is 12.2 Å². The highest BCUT2D eigenvalue weighted by Crippen LogP contribution is 2.20. The normalized spacial score (nSPS) is 12.5. The van der Waals surface area contributed by atoms with Crippen LogP contribution in [0.5, 0.6) is 0 Å². The summed E-state index contributed by atoms with van der Waals surface area (Å²) >= 11 is 5.18. The van der Waals surface area contributed by atoms with E-state index in [9.17, 15) is 17.2 Å². The van der Waals surface area contributed by atoms with Crippen LogP contribution in [0.4, 0.5) is 14.5 Å². The molecule has 0 radical (unpaired) electrons. The van der Waals surface area contributed by atoms with Crippen molar-refractivity contribution in [1.29, 1.82) is 0 Å². The van der Waals surface area contributed by atoms with Gasteiger partial charge in [0.25, 0.3) is 0 Å². The van der Waals surface area contributed by atoms with E-state index in [2.05, 4.69) is 10.6 Å². The Balaban J connectivity index is 2.09. The Morgan fingerprint density at radius 3 is 2.32 bits per heavy atom. The van der Waals surface area contributed by atoms with E-state index in [1.165, 1.54) is 18.2 Å². The van der Waals surface area contributed by atoms with Crippen LogP contribution >= 0.6 is 12.2 Å². The molecular formula is C17H18F2N2O2S2. The van der Waals surface area contributed by atoms with Crippen molar-refractivity contribution < 1.29 is 17.2 Å². The molecule has 0 amide bonds. The summed E-state index contributed by atoms with van der Waals surface area (Å²) in [7, 11) is -3.25. The standard InChI is InChI=1S/C17H18F2N2O2S2/c1-3-15(11-4-7-13(8-5-11)25(2,22)23)20-17(24)21-16-9-6-12(18)10-14(16)19/h4-10,15H,3H2,1-2H3,(H2,20,21,24)/t15-/m0/s1. The quantitative estimate of drug-likeness (QED) is 0.768. The second-order valence-electron chi connectivity index (χ2n) is 5.52. The zero-order valence-electron chi connectivity index (χ0n) is 13.7. The molecule has 1 atom stereocenters. The van der Waals surface area contributed by atoms with Crippen LogP contribution in [0.2, 0.25) is 0 Å². The van der Waals surface area contributed by atoms with Crippen LogP contribution in [0.3, 0.4) is 0 Å². The predicted molar refractivity (Wildman–Crippen MR) is 98.3 cm³/mol. The maximum Gasteiger partial charge on any atom is 0.175 e. The Morgan fingerprint density at radius 2 is 1.80 bits per heavy atom. The molecule has 0 saturated heterocycles. The number of hydrogen-bond donors (Lipinski definition) is 2. The molecule has 0 fully saturated rings. The summed E-state index contributed by atoms with van der Waals surface area (Å²) in [5, 5.41) is 5.92. The Labute approximate surface area is 151 Å². The second kappa shape index (κ2) is 7.88. The molecule has 0 aliphatic rings. The number of hydrogen-bond acceptors (Lipinski definition) is 3. The molecule has 0 aliphatic heterocycles. The molecule has 2 aromatic carbocycles. The van der Waals surface area contributed by atoms with Crippen LogP contribution in [0.25, 0.3) is 0 Å². The molecule has 0 spiro atoms. The largest absolute Gasteiger partial charge is 0.356 e. The van der Waals surface area contributed by atoms with Crippen molar-refractivity contribution in [3.63, 3.8) is 0 Å². The van der Waals surface area contributed by atoms with Gasteiger partial charge in [0, 0.05) is 12.3 Å². The first kappa shape index (κ1) is 19.3. The zero-order chi connectivity index (χ0) is 18.6. The van der Waals surface area contributed by atoms with Gasteiger partial charge in [0.15, 0.2) is 14.9 Å². The summed E-state index contributed by atoms with van der Waals surface area (Å²) in [5.74, 6) is -1.41. The maximum atomic E-state index is 13.7. The highest BCUT2D eigenvalue weighted by atomic mass is 32.2. The first-order chi connectivity index (χ1) is 11.7. The monoisotopic (exact) mass is 384 g/mol. The van der Waals surface area contributed by atoms with Gasteiger partial charge in [-0.2, -0.15) is 0 Å². The third-order valence-corrected chi connectivity index (χ3v) is 4.95. The maximum absolute atomic E-state index is 13.7. The SMILES string of the molecule is CC[C@H](NC(=S)Nc1ccc(F)cc1F)c1ccc(S(C)(=O)=O)cc1. The topological polar surface area (TPSA) is 58.2 Å². The van der Waals surface area contributed by atoms with E-state index >= 15 is 0 Å². The van der Waals surface area contributed by atoms with E-state index in [-0.39, 0.29) is 21.7 Å². The number of halogens is 2. The van der Waals surface area contributed by atoms with Gasteiger partial charge < -0.3 is 10.6 Å². The average molecular weight is 384 g/mol. The highest BCUT2D eigenvalue weighted by molar-refractivity contribution is 7.90. The number of thiocarbonyl (C=S) groups is 1. The minimum absolute atomic E-state index is 0.0705. The van der Waals surface area contributed by atoms with Crippen molar-refractivity contribution in [3.8, 4) is 0 Å². The summed E-state index contributed by atoms with van der Waals surface area (Å²) in [5.41, 5.74) is 0.916. The first-order valence-electron chi connectivity index (χ1n) is 7.53. The molecule has 0 heterocycles. The lowest BCUT2D eigenvalue weighted by Crippen LogP contribution is -2.32. The lowest BCUT2D eigenvalue weighted by molar-refractivity contribution is 0.585. The molecule has 0 bridgehead atoms. The van der Waals surface area contributed by atoms with Crippen molar-refractivity contribution in [3.05, 3.63) is 59.7 Å². The number of rotatable bonds is 5. The number of benzene rings is 2. The molecule has 0 aliphatic carbocycles. The predicted octanol–water partition coefficient (Wildman–Crippen LogP) is 3.81. The highest BCUT2D eigenvalue weighted by Gasteiger charge is 2.14. The Morgan fingerprint density at radius 1 is 1.16 bits per heavy atom. The molecule has 25 heavy (non-hydrogen) atoms. The van der Waals surface area contributed by atoms with Crippen molar-refractivity contribution in [2.75, 3.05) is 11.6 Å².